The summed E-state index contributed by atoms with van der Waals surface area (Å²) in [6.07, 6.45) is 2.44. The second-order valence-electron chi connectivity index (χ2n) is 4.69. The Morgan fingerprint density at radius 3 is 3.19 bits per heavy atom. The number of thiophene rings is 1. The van der Waals surface area contributed by atoms with E-state index in [1.54, 1.807) is 0 Å². The van der Waals surface area contributed by atoms with E-state index in [0.717, 1.165) is 6.54 Å². The maximum absolute atomic E-state index is 3.57. The van der Waals surface area contributed by atoms with Gasteiger partial charge in [0, 0.05) is 36.6 Å². The van der Waals surface area contributed by atoms with Gasteiger partial charge in [0.15, 0.2) is 0 Å². The Balaban J connectivity index is 1.86. The summed E-state index contributed by atoms with van der Waals surface area (Å²) in [7, 11) is 0. The van der Waals surface area contributed by atoms with Crippen molar-refractivity contribution in [3.63, 3.8) is 0 Å². The summed E-state index contributed by atoms with van der Waals surface area (Å²) in [6.45, 7) is 8.18. The van der Waals surface area contributed by atoms with Crippen molar-refractivity contribution in [3.05, 3.63) is 22.4 Å². The first-order valence-electron chi connectivity index (χ1n) is 6.29. The number of nitrogens with one attached hydrogen (secondary N) is 1. The van der Waals surface area contributed by atoms with Gasteiger partial charge in [-0.25, -0.2) is 0 Å². The van der Waals surface area contributed by atoms with Crippen LogP contribution in [0.2, 0.25) is 0 Å². The first kappa shape index (κ1) is 12.1. The fourth-order valence-corrected chi connectivity index (χ4v) is 3.20. The highest BCUT2D eigenvalue weighted by Crippen LogP contribution is 2.15. The second-order valence-corrected chi connectivity index (χ2v) is 5.72. The van der Waals surface area contributed by atoms with Crippen LogP contribution >= 0.6 is 11.3 Å². The van der Waals surface area contributed by atoms with Crippen molar-refractivity contribution in [2.24, 2.45) is 0 Å². The standard InChI is InChI=1S/C13H22N2S/c1-3-12-10-15(7-6-14-12)11(2)9-13-5-4-8-16-13/h4-5,8,11-12,14H,3,6-7,9-10H2,1-2H3. The Kier molecular flexibility index (Phi) is 4.38. The molecule has 16 heavy (non-hydrogen) atoms. The van der Waals surface area contributed by atoms with Crippen LogP contribution in [0, 0.1) is 0 Å². The first-order valence-corrected chi connectivity index (χ1v) is 7.17. The lowest BCUT2D eigenvalue weighted by Crippen LogP contribution is -2.53. The molecule has 0 aromatic carbocycles. The van der Waals surface area contributed by atoms with Crippen LogP contribution in [0.4, 0.5) is 0 Å². The molecule has 2 rings (SSSR count). The fourth-order valence-electron chi connectivity index (χ4n) is 2.37. The third kappa shape index (κ3) is 3.06. The normalized spacial score (nSPS) is 24.5. The van der Waals surface area contributed by atoms with Gasteiger partial charge in [-0.1, -0.05) is 13.0 Å². The van der Waals surface area contributed by atoms with Gasteiger partial charge in [-0.3, -0.25) is 4.90 Å². The topological polar surface area (TPSA) is 15.3 Å². The van der Waals surface area contributed by atoms with E-state index in [2.05, 4.69) is 41.6 Å². The average molecular weight is 238 g/mol. The molecule has 3 heteroatoms. The third-order valence-corrected chi connectivity index (χ3v) is 4.38. The van der Waals surface area contributed by atoms with Gasteiger partial charge < -0.3 is 5.32 Å². The largest absolute Gasteiger partial charge is 0.311 e. The average Bonchev–Trinajstić information content (AvgIpc) is 2.82. The van der Waals surface area contributed by atoms with Crippen LogP contribution < -0.4 is 5.32 Å². The molecule has 2 nitrogen and oxygen atoms in total. The molecule has 1 fully saturated rings. The van der Waals surface area contributed by atoms with E-state index < -0.39 is 0 Å². The minimum atomic E-state index is 0.676. The number of hydrogen-bond acceptors (Lipinski definition) is 3. The lowest BCUT2D eigenvalue weighted by Gasteiger charge is -2.37. The van der Waals surface area contributed by atoms with Gasteiger partial charge in [-0.05, 0) is 31.2 Å². The highest BCUT2D eigenvalue weighted by molar-refractivity contribution is 7.09. The van der Waals surface area contributed by atoms with E-state index in [1.165, 1.54) is 30.8 Å². The number of rotatable bonds is 4. The lowest BCUT2D eigenvalue weighted by molar-refractivity contribution is 0.150. The predicted octanol–water partition coefficient (Wildman–Crippen LogP) is 2.36. The lowest BCUT2D eigenvalue weighted by atomic mass is 10.1. The molecule has 90 valence electrons. The maximum Gasteiger partial charge on any atom is 0.0193 e. The molecule has 0 radical (unpaired) electrons. The summed E-state index contributed by atoms with van der Waals surface area (Å²) in [5.74, 6) is 0. The predicted molar refractivity (Wildman–Crippen MR) is 71.1 cm³/mol. The van der Waals surface area contributed by atoms with E-state index in [0.29, 0.717) is 12.1 Å². The van der Waals surface area contributed by atoms with Crippen molar-refractivity contribution in [2.75, 3.05) is 19.6 Å². The molecule has 0 saturated carbocycles. The summed E-state index contributed by atoms with van der Waals surface area (Å²) in [5, 5.41) is 5.75. The van der Waals surface area contributed by atoms with Crippen LogP contribution in [0.5, 0.6) is 0 Å². The maximum atomic E-state index is 3.57. The Morgan fingerprint density at radius 1 is 1.62 bits per heavy atom. The number of hydrogen-bond donors (Lipinski definition) is 1. The van der Waals surface area contributed by atoms with E-state index in [4.69, 9.17) is 0 Å². The third-order valence-electron chi connectivity index (χ3n) is 3.48. The molecule has 1 saturated heterocycles. The fraction of sp³-hybridized carbons (Fsp3) is 0.692. The molecule has 0 amide bonds. The van der Waals surface area contributed by atoms with Crippen molar-refractivity contribution in [3.8, 4) is 0 Å². The Hall–Kier alpha value is -0.380. The van der Waals surface area contributed by atoms with Crippen molar-refractivity contribution in [2.45, 2.75) is 38.8 Å². The van der Waals surface area contributed by atoms with Crippen LogP contribution in [0.25, 0.3) is 0 Å². The van der Waals surface area contributed by atoms with Crippen molar-refractivity contribution in [1.82, 2.24) is 10.2 Å². The zero-order valence-corrected chi connectivity index (χ0v) is 11.1. The van der Waals surface area contributed by atoms with Gasteiger partial charge in [-0.2, -0.15) is 0 Å². The molecule has 1 aromatic heterocycles. The molecular weight excluding hydrogens is 216 g/mol. The Bertz CT molecular complexity index is 297. The monoisotopic (exact) mass is 238 g/mol. The summed E-state index contributed by atoms with van der Waals surface area (Å²) in [6, 6.07) is 5.77. The van der Waals surface area contributed by atoms with Gasteiger partial charge in [0.1, 0.15) is 0 Å². The highest BCUT2D eigenvalue weighted by atomic mass is 32.1. The molecule has 1 N–H and O–H groups in total. The minimum absolute atomic E-state index is 0.676. The molecule has 2 unspecified atom stereocenters. The molecule has 2 atom stereocenters. The van der Waals surface area contributed by atoms with E-state index in [-0.39, 0.29) is 0 Å². The number of piperazine rings is 1. The molecule has 0 aliphatic carbocycles. The number of nitrogens with zero attached hydrogens (tertiary/aromatic N) is 1. The smallest absolute Gasteiger partial charge is 0.0193 e. The zero-order chi connectivity index (χ0) is 11.4. The minimum Gasteiger partial charge on any atom is -0.311 e. The van der Waals surface area contributed by atoms with E-state index in [1.807, 2.05) is 11.3 Å². The zero-order valence-electron chi connectivity index (χ0n) is 10.3. The van der Waals surface area contributed by atoms with Crippen molar-refractivity contribution < 1.29 is 0 Å². The van der Waals surface area contributed by atoms with E-state index in [9.17, 15) is 0 Å². The van der Waals surface area contributed by atoms with Crippen molar-refractivity contribution in [1.29, 1.82) is 0 Å². The van der Waals surface area contributed by atoms with E-state index >= 15 is 0 Å². The van der Waals surface area contributed by atoms with Crippen LogP contribution in [-0.4, -0.2) is 36.6 Å². The first-order chi connectivity index (χ1) is 7.79. The van der Waals surface area contributed by atoms with Crippen molar-refractivity contribution >= 4 is 11.3 Å². The summed E-state index contributed by atoms with van der Waals surface area (Å²) < 4.78 is 0. The van der Waals surface area contributed by atoms with Gasteiger partial charge in [0.05, 0.1) is 0 Å². The highest BCUT2D eigenvalue weighted by Gasteiger charge is 2.22. The van der Waals surface area contributed by atoms with Gasteiger partial charge in [-0.15, -0.1) is 11.3 Å². The van der Waals surface area contributed by atoms with Crippen LogP contribution in [0.1, 0.15) is 25.1 Å². The second kappa shape index (κ2) is 5.80. The van der Waals surface area contributed by atoms with Crippen LogP contribution in [-0.2, 0) is 6.42 Å². The quantitative estimate of drug-likeness (QED) is 0.866. The Morgan fingerprint density at radius 2 is 2.50 bits per heavy atom. The van der Waals surface area contributed by atoms with Gasteiger partial charge in [0.2, 0.25) is 0 Å². The molecule has 0 spiro atoms. The molecule has 1 aliphatic heterocycles. The summed E-state index contributed by atoms with van der Waals surface area (Å²) >= 11 is 1.88. The molecule has 1 aliphatic rings. The van der Waals surface area contributed by atoms with Gasteiger partial charge >= 0.3 is 0 Å². The molecule has 0 bridgehead atoms. The van der Waals surface area contributed by atoms with Crippen LogP contribution in [0.3, 0.4) is 0 Å². The SMILES string of the molecule is CCC1CN(C(C)Cc2cccs2)CCN1. The summed E-state index contributed by atoms with van der Waals surface area (Å²) in [5.41, 5.74) is 0. The van der Waals surface area contributed by atoms with Gasteiger partial charge in [0.25, 0.3) is 0 Å². The molecule has 1 aromatic rings. The van der Waals surface area contributed by atoms with Crippen LogP contribution in [0.15, 0.2) is 17.5 Å². The summed E-state index contributed by atoms with van der Waals surface area (Å²) in [4.78, 5) is 4.14. The molecular formula is C13H22N2S. The molecule has 2 heterocycles. The Labute approximate surface area is 103 Å².